The highest BCUT2D eigenvalue weighted by molar-refractivity contribution is 7.89. The molecule has 2 aromatic carbocycles. The molecule has 0 saturated carbocycles. The lowest BCUT2D eigenvalue weighted by Crippen LogP contribution is -2.05. The zero-order valence-corrected chi connectivity index (χ0v) is 13.6. The molecule has 3 aromatic rings. The molecular weight excluding hydrogens is 353 g/mol. The lowest BCUT2D eigenvalue weighted by atomic mass is 9.99. The van der Waals surface area contributed by atoms with E-state index in [1.165, 1.54) is 12.1 Å². The number of sulfone groups is 1. The SMILES string of the molecule is C.Cc1[nH]nc2c(F)c(-c3c(F)ccc(CS(C)(=O)=O)c3F)ccc12. The predicted molar refractivity (Wildman–Crippen MR) is 91.4 cm³/mol. The van der Waals surface area contributed by atoms with Gasteiger partial charge in [-0.2, -0.15) is 5.10 Å². The number of aromatic nitrogens is 2. The smallest absolute Gasteiger partial charge is 0.159 e. The molecule has 0 aliphatic heterocycles. The van der Waals surface area contributed by atoms with Crippen LogP contribution in [-0.4, -0.2) is 24.9 Å². The molecule has 0 bridgehead atoms. The van der Waals surface area contributed by atoms with E-state index in [9.17, 15) is 21.6 Å². The Morgan fingerprint density at radius 1 is 1.08 bits per heavy atom. The minimum Gasteiger partial charge on any atom is -0.282 e. The molecule has 0 unspecified atom stereocenters. The van der Waals surface area contributed by atoms with Gasteiger partial charge in [0.1, 0.15) is 17.2 Å². The van der Waals surface area contributed by atoms with Gasteiger partial charge in [-0.25, -0.2) is 21.6 Å². The molecular formula is C17H17F3N2O2S. The van der Waals surface area contributed by atoms with Gasteiger partial charge < -0.3 is 0 Å². The van der Waals surface area contributed by atoms with E-state index in [-0.39, 0.29) is 24.1 Å². The zero-order chi connectivity index (χ0) is 17.6. The number of nitrogens with zero attached hydrogens (tertiary/aromatic N) is 1. The van der Waals surface area contributed by atoms with Crippen LogP contribution in [0.3, 0.4) is 0 Å². The number of H-pyrrole nitrogens is 1. The topological polar surface area (TPSA) is 62.8 Å². The third-order valence-electron chi connectivity index (χ3n) is 3.71. The van der Waals surface area contributed by atoms with E-state index in [2.05, 4.69) is 10.2 Å². The Bertz CT molecular complexity index is 1060. The number of aromatic amines is 1. The normalized spacial score (nSPS) is 11.6. The van der Waals surface area contributed by atoms with Crippen molar-refractivity contribution < 1.29 is 21.6 Å². The zero-order valence-electron chi connectivity index (χ0n) is 12.8. The molecule has 1 aromatic heterocycles. The van der Waals surface area contributed by atoms with Gasteiger partial charge in [0.05, 0.1) is 11.3 Å². The fourth-order valence-electron chi connectivity index (χ4n) is 2.61. The highest BCUT2D eigenvalue weighted by Crippen LogP contribution is 2.34. The minimum absolute atomic E-state index is 0. The molecule has 3 rings (SSSR count). The number of aryl methyl sites for hydroxylation is 1. The number of hydrogen-bond donors (Lipinski definition) is 1. The van der Waals surface area contributed by atoms with E-state index in [1.54, 1.807) is 6.92 Å². The maximum atomic E-state index is 14.7. The fourth-order valence-corrected chi connectivity index (χ4v) is 3.39. The van der Waals surface area contributed by atoms with Crippen LogP contribution >= 0.6 is 0 Å². The summed E-state index contributed by atoms with van der Waals surface area (Å²) >= 11 is 0. The molecule has 4 nitrogen and oxygen atoms in total. The van der Waals surface area contributed by atoms with Crippen LogP contribution in [0.2, 0.25) is 0 Å². The number of benzene rings is 2. The lowest BCUT2D eigenvalue weighted by molar-refractivity contribution is 0.572. The van der Waals surface area contributed by atoms with Crippen molar-refractivity contribution in [2.75, 3.05) is 6.26 Å². The summed E-state index contributed by atoms with van der Waals surface area (Å²) in [5.41, 5.74) is -0.526. The summed E-state index contributed by atoms with van der Waals surface area (Å²) in [6.07, 6.45) is 0.939. The Hall–Kier alpha value is -2.35. The maximum Gasteiger partial charge on any atom is 0.159 e. The summed E-state index contributed by atoms with van der Waals surface area (Å²) in [6.45, 7) is 1.70. The third kappa shape index (κ3) is 3.39. The Morgan fingerprint density at radius 2 is 1.76 bits per heavy atom. The molecule has 0 saturated heterocycles. The van der Waals surface area contributed by atoms with Crippen molar-refractivity contribution in [3.8, 4) is 11.1 Å². The first-order chi connectivity index (χ1) is 11.2. The molecule has 1 N–H and O–H groups in total. The second-order valence-corrected chi connectivity index (χ2v) is 7.78. The van der Waals surface area contributed by atoms with Gasteiger partial charge in [0.2, 0.25) is 0 Å². The monoisotopic (exact) mass is 370 g/mol. The summed E-state index contributed by atoms with van der Waals surface area (Å²) in [5.74, 6) is -3.54. The highest BCUT2D eigenvalue weighted by Gasteiger charge is 2.22. The summed E-state index contributed by atoms with van der Waals surface area (Å²) in [6, 6.07) is 4.74. The van der Waals surface area contributed by atoms with Crippen molar-refractivity contribution in [3.63, 3.8) is 0 Å². The average molecular weight is 370 g/mol. The van der Waals surface area contributed by atoms with Crippen molar-refractivity contribution in [2.24, 2.45) is 0 Å². The largest absolute Gasteiger partial charge is 0.282 e. The Labute approximate surface area is 143 Å². The van der Waals surface area contributed by atoms with Crippen LogP contribution in [0.5, 0.6) is 0 Å². The third-order valence-corrected chi connectivity index (χ3v) is 4.55. The maximum absolute atomic E-state index is 14.7. The van der Waals surface area contributed by atoms with Crippen LogP contribution in [0.1, 0.15) is 18.7 Å². The second kappa shape index (κ2) is 6.51. The summed E-state index contributed by atoms with van der Waals surface area (Å²) in [4.78, 5) is 0. The van der Waals surface area contributed by atoms with Crippen LogP contribution in [0.15, 0.2) is 24.3 Å². The summed E-state index contributed by atoms with van der Waals surface area (Å²) < 4.78 is 66.2. The molecule has 25 heavy (non-hydrogen) atoms. The number of halogens is 3. The van der Waals surface area contributed by atoms with Crippen LogP contribution in [0, 0.1) is 24.4 Å². The number of fused-ring (bicyclic) bond motifs is 1. The van der Waals surface area contributed by atoms with Gasteiger partial charge in [0.25, 0.3) is 0 Å². The molecule has 0 atom stereocenters. The van der Waals surface area contributed by atoms with E-state index < -0.39 is 38.6 Å². The van der Waals surface area contributed by atoms with E-state index >= 15 is 0 Å². The van der Waals surface area contributed by atoms with Crippen molar-refractivity contribution in [2.45, 2.75) is 20.1 Å². The molecule has 1 heterocycles. The van der Waals surface area contributed by atoms with E-state index in [1.807, 2.05) is 0 Å². The quantitative estimate of drug-likeness (QED) is 0.754. The first kappa shape index (κ1) is 19.0. The summed E-state index contributed by atoms with van der Waals surface area (Å²) in [7, 11) is -3.53. The second-order valence-electron chi connectivity index (χ2n) is 5.64. The number of hydrogen-bond acceptors (Lipinski definition) is 3. The van der Waals surface area contributed by atoms with Crippen LogP contribution in [-0.2, 0) is 15.6 Å². The van der Waals surface area contributed by atoms with Crippen molar-refractivity contribution in [1.82, 2.24) is 10.2 Å². The van der Waals surface area contributed by atoms with Crippen LogP contribution in [0.4, 0.5) is 13.2 Å². The molecule has 0 aliphatic carbocycles. The summed E-state index contributed by atoms with van der Waals surface area (Å²) in [5, 5.41) is 6.92. The van der Waals surface area contributed by atoms with Gasteiger partial charge in [-0.3, -0.25) is 5.10 Å². The Kier molecular flexibility index (Phi) is 4.94. The molecule has 0 fully saturated rings. The van der Waals surface area contributed by atoms with E-state index in [4.69, 9.17) is 0 Å². The predicted octanol–water partition coefficient (Wildman–Crippen LogP) is 4.14. The molecule has 0 radical (unpaired) electrons. The van der Waals surface area contributed by atoms with Crippen molar-refractivity contribution in [1.29, 1.82) is 0 Å². The molecule has 8 heteroatoms. The molecule has 0 aliphatic rings. The Balaban J connectivity index is 0.00000225. The minimum atomic E-state index is -3.53. The van der Waals surface area contributed by atoms with Crippen molar-refractivity contribution >= 4 is 20.7 Å². The Morgan fingerprint density at radius 3 is 2.40 bits per heavy atom. The van der Waals surface area contributed by atoms with Gasteiger partial charge in [-0.15, -0.1) is 0 Å². The van der Waals surface area contributed by atoms with Gasteiger partial charge in [0.15, 0.2) is 15.7 Å². The van der Waals surface area contributed by atoms with E-state index in [0.29, 0.717) is 11.1 Å². The standard InChI is InChI=1S/C16H13F3N2O2S.CH4/c1-8-10-4-5-11(15(19)16(10)21-20-8)13-12(17)6-3-9(14(13)18)7-24(2,22)23;/h3-6H,7H2,1-2H3,(H,20,21);1H4. The molecule has 134 valence electrons. The molecule has 0 spiro atoms. The van der Waals surface area contributed by atoms with E-state index in [0.717, 1.165) is 18.4 Å². The van der Waals surface area contributed by atoms with Gasteiger partial charge in [-0.05, 0) is 13.0 Å². The highest BCUT2D eigenvalue weighted by atomic mass is 32.2. The first-order valence-corrected chi connectivity index (χ1v) is 9.03. The molecule has 0 amide bonds. The number of rotatable bonds is 3. The first-order valence-electron chi connectivity index (χ1n) is 6.97. The van der Waals surface area contributed by atoms with Gasteiger partial charge >= 0.3 is 0 Å². The lowest BCUT2D eigenvalue weighted by Gasteiger charge is -2.10. The van der Waals surface area contributed by atoms with Crippen LogP contribution in [0.25, 0.3) is 22.0 Å². The van der Waals surface area contributed by atoms with Gasteiger partial charge in [0, 0.05) is 28.5 Å². The number of nitrogens with one attached hydrogen (secondary N) is 1. The van der Waals surface area contributed by atoms with Crippen molar-refractivity contribution in [3.05, 3.63) is 53.0 Å². The fraction of sp³-hybridized carbons (Fsp3) is 0.235. The average Bonchev–Trinajstić information content (AvgIpc) is 2.86. The van der Waals surface area contributed by atoms with Gasteiger partial charge in [-0.1, -0.05) is 25.6 Å². The van der Waals surface area contributed by atoms with Crippen LogP contribution < -0.4 is 0 Å².